The molecular weight excluding hydrogens is 278 g/mol. The topological polar surface area (TPSA) is 32.3 Å². The maximum Gasteiger partial charge on any atom is 0.129 e. The van der Waals surface area contributed by atoms with Gasteiger partial charge in [0.05, 0.1) is 4.47 Å². The number of phenolic OH excluding ortho intramolecular Hbond substituents is 1. The van der Waals surface area contributed by atoms with Crippen LogP contribution in [0.5, 0.6) is 5.75 Å². The SMILES string of the molecule is CC(NCc1ccc(O)c(Br)c1)C1CCCC1. The Morgan fingerprint density at radius 2 is 2.12 bits per heavy atom. The van der Waals surface area contributed by atoms with Gasteiger partial charge in [0.2, 0.25) is 0 Å². The summed E-state index contributed by atoms with van der Waals surface area (Å²) in [5.41, 5.74) is 1.21. The van der Waals surface area contributed by atoms with Gasteiger partial charge in [-0.1, -0.05) is 18.9 Å². The average molecular weight is 298 g/mol. The van der Waals surface area contributed by atoms with Gasteiger partial charge in [-0.15, -0.1) is 0 Å². The van der Waals surface area contributed by atoms with Gasteiger partial charge in [0.25, 0.3) is 0 Å². The number of rotatable bonds is 4. The zero-order valence-electron chi connectivity index (χ0n) is 10.2. The zero-order chi connectivity index (χ0) is 12.3. The number of hydrogen-bond acceptors (Lipinski definition) is 2. The fourth-order valence-electron chi connectivity index (χ4n) is 2.56. The van der Waals surface area contributed by atoms with Gasteiger partial charge >= 0.3 is 0 Å². The van der Waals surface area contributed by atoms with E-state index in [9.17, 15) is 5.11 Å². The van der Waals surface area contributed by atoms with Crippen LogP contribution in [-0.2, 0) is 6.54 Å². The molecule has 0 aromatic heterocycles. The van der Waals surface area contributed by atoms with Crippen LogP contribution in [-0.4, -0.2) is 11.1 Å². The second kappa shape index (κ2) is 5.87. The van der Waals surface area contributed by atoms with Crippen molar-refractivity contribution in [2.24, 2.45) is 5.92 Å². The first-order chi connectivity index (χ1) is 8.16. The van der Waals surface area contributed by atoms with E-state index < -0.39 is 0 Å². The largest absolute Gasteiger partial charge is 0.507 e. The molecule has 2 N–H and O–H groups in total. The van der Waals surface area contributed by atoms with Crippen molar-refractivity contribution in [1.29, 1.82) is 0 Å². The van der Waals surface area contributed by atoms with Gasteiger partial charge in [-0.2, -0.15) is 0 Å². The van der Waals surface area contributed by atoms with Gasteiger partial charge in [-0.25, -0.2) is 0 Å². The van der Waals surface area contributed by atoms with Crippen molar-refractivity contribution in [3.8, 4) is 5.75 Å². The standard InChI is InChI=1S/C14H20BrNO/c1-10(12-4-2-3-5-12)16-9-11-6-7-14(17)13(15)8-11/h6-8,10,12,16-17H,2-5,9H2,1H3. The third kappa shape index (κ3) is 3.46. The summed E-state index contributed by atoms with van der Waals surface area (Å²) in [6.07, 6.45) is 5.52. The second-order valence-electron chi connectivity index (χ2n) is 5.00. The van der Waals surface area contributed by atoms with Crippen LogP contribution in [0.4, 0.5) is 0 Å². The smallest absolute Gasteiger partial charge is 0.129 e. The highest BCUT2D eigenvalue weighted by atomic mass is 79.9. The third-order valence-corrected chi connectivity index (χ3v) is 4.38. The monoisotopic (exact) mass is 297 g/mol. The second-order valence-corrected chi connectivity index (χ2v) is 5.85. The summed E-state index contributed by atoms with van der Waals surface area (Å²) in [6, 6.07) is 6.27. The molecule has 17 heavy (non-hydrogen) atoms. The predicted octanol–water partition coefficient (Wildman–Crippen LogP) is 3.82. The number of nitrogens with one attached hydrogen (secondary N) is 1. The number of benzene rings is 1. The molecule has 1 aliphatic rings. The Balaban J connectivity index is 1.86. The highest BCUT2D eigenvalue weighted by Crippen LogP contribution is 2.28. The van der Waals surface area contributed by atoms with Crippen molar-refractivity contribution in [1.82, 2.24) is 5.32 Å². The maximum atomic E-state index is 9.43. The highest BCUT2D eigenvalue weighted by Gasteiger charge is 2.20. The summed E-state index contributed by atoms with van der Waals surface area (Å²) in [6.45, 7) is 3.15. The first kappa shape index (κ1) is 12.9. The van der Waals surface area contributed by atoms with E-state index in [2.05, 4.69) is 28.2 Å². The van der Waals surface area contributed by atoms with Gasteiger partial charge in [-0.05, 0) is 59.3 Å². The number of halogens is 1. The molecule has 0 radical (unpaired) electrons. The Labute approximate surface area is 112 Å². The molecular formula is C14H20BrNO. The fraction of sp³-hybridized carbons (Fsp3) is 0.571. The molecule has 1 aliphatic carbocycles. The molecule has 3 heteroatoms. The van der Waals surface area contributed by atoms with E-state index in [-0.39, 0.29) is 0 Å². The lowest BCUT2D eigenvalue weighted by Gasteiger charge is -2.20. The molecule has 0 amide bonds. The molecule has 1 unspecified atom stereocenters. The van der Waals surface area contributed by atoms with Gasteiger partial charge in [-0.3, -0.25) is 0 Å². The summed E-state index contributed by atoms with van der Waals surface area (Å²) < 4.78 is 0.769. The lowest BCUT2D eigenvalue weighted by molar-refractivity contribution is 0.380. The molecule has 0 spiro atoms. The van der Waals surface area contributed by atoms with E-state index in [0.717, 1.165) is 16.9 Å². The zero-order valence-corrected chi connectivity index (χ0v) is 11.8. The highest BCUT2D eigenvalue weighted by molar-refractivity contribution is 9.10. The van der Waals surface area contributed by atoms with Gasteiger partial charge in [0, 0.05) is 12.6 Å². The van der Waals surface area contributed by atoms with Crippen molar-refractivity contribution < 1.29 is 5.11 Å². The normalized spacial score (nSPS) is 18.5. The fourth-order valence-corrected chi connectivity index (χ4v) is 2.99. The number of aromatic hydroxyl groups is 1. The van der Waals surface area contributed by atoms with Crippen LogP contribution in [0.25, 0.3) is 0 Å². The Kier molecular flexibility index (Phi) is 4.46. The first-order valence-corrected chi connectivity index (χ1v) is 7.17. The van der Waals surface area contributed by atoms with Crippen molar-refractivity contribution in [3.05, 3.63) is 28.2 Å². The van der Waals surface area contributed by atoms with E-state index in [4.69, 9.17) is 0 Å². The van der Waals surface area contributed by atoms with Crippen LogP contribution in [0.3, 0.4) is 0 Å². The molecule has 1 fully saturated rings. The van der Waals surface area contributed by atoms with Gasteiger partial charge < -0.3 is 10.4 Å². The molecule has 2 nitrogen and oxygen atoms in total. The first-order valence-electron chi connectivity index (χ1n) is 6.37. The van der Waals surface area contributed by atoms with Crippen LogP contribution in [0.1, 0.15) is 38.2 Å². The van der Waals surface area contributed by atoms with Crippen LogP contribution < -0.4 is 5.32 Å². The predicted molar refractivity (Wildman–Crippen MR) is 74.1 cm³/mol. The third-order valence-electron chi connectivity index (χ3n) is 3.75. The Hall–Kier alpha value is -0.540. The number of hydrogen-bond donors (Lipinski definition) is 2. The minimum atomic E-state index is 0.303. The molecule has 2 rings (SSSR count). The van der Waals surface area contributed by atoms with Crippen molar-refractivity contribution in [3.63, 3.8) is 0 Å². The van der Waals surface area contributed by atoms with Crippen LogP contribution >= 0.6 is 15.9 Å². The Morgan fingerprint density at radius 3 is 2.76 bits per heavy atom. The van der Waals surface area contributed by atoms with E-state index >= 15 is 0 Å². The summed E-state index contributed by atoms with van der Waals surface area (Å²) in [5, 5.41) is 13.0. The summed E-state index contributed by atoms with van der Waals surface area (Å²) >= 11 is 3.34. The van der Waals surface area contributed by atoms with Crippen LogP contribution in [0.15, 0.2) is 22.7 Å². The van der Waals surface area contributed by atoms with Crippen LogP contribution in [0.2, 0.25) is 0 Å². The quantitative estimate of drug-likeness (QED) is 0.885. The van der Waals surface area contributed by atoms with E-state index in [1.165, 1.54) is 31.2 Å². The molecule has 0 saturated heterocycles. The minimum Gasteiger partial charge on any atom is -0.507 e. The lowest BCUT2D eigenvalue weighted by Crippen LogP contribution is -2.31. The van der Waals surface area contributed by atoms with Gasteiger partial charge in [0.1, 0.15) is 5.75 Å². The molecule has 1 atom stereocenters. The molecule has 0 bridgehead atoms. The minimum absolute atomic E-state index is 0.303. The molecule has 94 valence electrons. The Morgan fingerprint density at radius 1 is 1.41 bits per heavy atom. The summed E-state index contributed by atoms with van der Waals surface area (Å²) in [4.78, 5) is 0. The number of phenols is 1. The lowest BCUT2D eigenvalue weighted by atomic mass is 9.99. The maximum absolute atomic E-state index is 9.43. The van der Waals surface area contributed by atoms with Gasteiger partial charge in [0.15, 0.2) is 0 Å². The van der Waals surface area contributed by atoms with Crippen molar-refractivity contribution >= 4 is 15.9 Å². The van der Waals surface area contributed by atoms with E-state index in [1.807, 2.05) is 12.1 Å². The summed E-state index contributed by atoms with van der Waals surface area (Å²) in [7, 11) is 0. The van der Waals surface area contributed by atoms with E-state index in [1.54, 1.807) is 6.07 Å². The summed E-state index contributed by atoms with van der Waals surface area (Å²) in [5.74, 6) is 1.15. The molecule has 0 heterocycles. The van der Waals surface area contributed by atoms with E-state index in [0.29, 0.717) is 11.8 Å². The molecule has 0 aliphatic heterocycles. The molecule has 1 saturated carbocycles. The molecule has 1 aromatic carbocycles. The van der Waals surface area contributed by atoms with Crippen molar-refractivity contribution in [2.75, 3.05) is 0 Å². The Bertz CT molecular complexity index is 374. The molecule has 1 aromatic rings. The van der Waals surface area contributed by atoms with Crippen LogP contribution in [0, 0.1) is 5.92 Å². The van der Waals surface area contributed by atoms with Crippen molar-refractivity contribution in [2.45, 2.75) is 45.2 Å². The average Bonchev–Trinajstić information content (AvgIpc) is 2.84.